The molecule has 0 radical (unpaired) electrons. The van der Waals surface area contributed by atoms with Gasteiger partial charge < -0.3 is 0 Å². The minimum atomic E-state index is -0.624. The standard InChI is InChI=1S/C11H6Cl2FN3O2/c1-5-10(17(18)19)9(16-11(13)15-5)7-3-2-6(14)4-8(7)12/h2-4H,1H3. The summed E-state index contributed by atoms with van der Waals surface area (Å²) in [5.41, 5.74) is -0.00651. The summed E-state index contributed by atoms with van der Waals surface area (Å²) in [6, 6.07) is 3.49. The summed E-state index contributed by atoms with van der Waals surface area (Å²) in [4.78, 5) is 18.0. The number of nitro groups is 1. The van der Waals surface area contributed by atoms with Crippen molar-refractivity contribution in [3.05, 3.63) is 50.1 Å². The maximum Gasteiger partial charge on any atom is 0.316 e. The Bertz CT molecular complexity index is 679. The molecule has 5 nitrogen and oxygen atoms in total. The molecular formula is C11H6Cl2FN3O2. The van der Waals surface area contributed by atoms with Gasteiger partial charge in [-0.3, -0.25) is 10.1 Å². The summed E-state index contributed by atoms with van der Waals surface area (Å²) < 4.78 is 13.0. The molecule has 0 aliphatic carbocycles. The number of rotatable bonds is 2. The van der Waals surface area contributed by atoms with Gasteiger partial charge in [-0.25, -0.2) is 14.4 Å². The van der Waals surface area contributed by atoms with Crippen molar-refractivity contribution in [3.63, 3.8) is 0 Å². The zero-order chi connectivity index (χ0) is 14.2. The fourth-order valence-corrected chi connectivity index (χ4v) is 2.09. The molecule has 0 fully saturated rings. The summed E-state index contributed by atoms with van der Waals surface area (Å²) in [6.07, 6.45) is 0. The van der Waals surface area contributed by atoms with Crippen molar-refractivity contribution in [3.8, 4) is 11.3 Å². The van der Waals surface area contributed by atoms with Gasteiger partial charge in [0, 0.05) is 5.56 Å². The Labute approximate surface area is 117 Å². The molecule has 0 atom stereocenters. The molecule has 0 bridgehead atoms. The summed E-state index contributed by atoms with van der Waals surface area (Å²) in [5, 5.41) is 10.9. The highest BCUT2D eigenvalue weighted by atomic mass is 35.5. The van der Waals surface area contributed by atoms with Crippen molar-refractivity contribution in [2.24, 2.45) is 0 Å². The Morgan fingerprint density at radius 3 is 2.58 bits per heavy atom. The van der Waals surface area contributed by atoms with Gasteiger partial charge in [0.25, 0.3) is 0 Å². The number of nitrogens with zero attached hydrogens (tertiary/aromatic N) is 3. The van der Waals surface area contributed by atoms with Gasteiger partial charge in [-0.2, -0.15) is 0 Å². The van der Waals surface area contributed by atoms with Crippen LogP contribution in [0.25, 0.3) is 11.3 Å². The summed E-state index contributed by atoms with van der Waals surface area (Å²) >= 11 is 11.6. The van der Waals surface area contributed by atoms with Crippen LogP contribution in [-0.2, 0) is 0 Å². The molecule has 1 aromatic carbocycles. The maximum absolute atomic E-state index is 13.0. The maximum atomic E-state index is 13.0. The van der Waals surface area contributed by atoms with E-state index in [1.807, 2.05) is 0 Å². The molecular weight excluding hydrogens is 296 g/mol. The first-order valence-electron chi connectivity index (χ1n) is 5.04. The van der Waals surface area contributed by atoms with E-state index in [1.165, 1.54) is 13.0 Å². The van der Waals surface area contributed by atoms with Gasteiger partial charge >= 0.3 is 5.69 Å². The van der Waals surface area contributed by atoms with Crippen LogP contribution in [0.5, 0.6) is 0 Å². The summed E-state index contributed by atoms with van der Waals surface area (Å²) in [7, 11) is 0. The predicted octanol–water partition coefficient (Wildman–Crippen LogP) is 3.81. The predicted molar refractivity (Wildman–Crippen MR) is 68.8 cm³/mol. The molecule has 1 aromatic heterocycles. The van der Waals surface area contributed by atoms with E-state index in [0.29, 0.717) is 0 Å². The van der Waals surface area contributed by atoms with Crippen molar-refractivity contribution >= 4 is 28.9 Å². The number of hydrogen-bond donors (Lipinski definition) is 0. The van der Waals surface area contributed by atoms with E-state index in [2.05, 4.69) is 9.97 Å². The van der Waals surface area contributed by atoms with Gasteiger partial charge in [0.1, 0.15) is 11.5 Å². The Balaban J connectivity index is 2.77. The Morgan fingerprint density at radius 2 is 2.00 bits per heavy atom. The zero-order valence-electron chi connectivity index (χ0n) is 9.52. The van der Waals surface area contributed by atoms with Crippen LogP contribution >= 0.6 is 23.2 Å². The van der Waals surface area contributed by atoms with E-state index in [-0.39, 0.29) is 32.9 Å². The van der Waals surface area contributed by atoms with Crippen LogP contribution in [0.2, 0.25) is 10.3 Å². The molecule has 0 N–H and O–H groups in total. The van der Waals surface area contributed by atoms with Crippen molar-refractivity contribution in [1.29, 1.82) is 0 Å². The second kappa shape index (κ2) is 5.07. The SMILES string of the molecule is Cc1nc(Cl)nc(-c2ccc(F)cc2Cl)c1[N+](=O)[O-]. The molecule has 0 amide bonds. The second-order valence-electron chi connectivity index (χ2n) is 3.66. The molecule has 0 aliphatic rings. The fourth-order valence-electron chi connectivity index (χ4n) is 1.62. The molecule has 0 saturated heterocycles. The lowest BCUT2D eigenvalue weighted by molar-refractivity contribution is -0.385. The topological polar surface area (TPSA) is 68.9 Å². The van der Waals surface area contributed by atoms with Crippen molar-refractivity contribution in [2.45, 2.75) is 6.92 Å². The average molecular weight is 302 g/mol. The lowest BCUT2D eigenvalue weighted by Crippen LogP contribution is -2.01. The Kier molecular flexibility index (Phi) is 3.64. The minimum Gasteiger partial charge on any atom is -0.258 e. The Morgan fingerprint density at radius 1 is 1.32 bits per heavy atom. The Hall–Kier alpha value is -1.79. The summed E-state index contributed by atoms with van der Waals surface area (Å²) in [5.74, 6) is -0.548. The third kappa shape index (κ3) is 2.64. The normalized spacial score (nSPS) is 10.5. The molecule has 0 unspecified atom stereocenters. The highest BCUT2D eigenvalue weighted by Gasteiger charge is 2.24. The van der Waals surface area contributed by atoms with Crippen molar-refractivity contribution in [2.75, 3.05) is 0 Å². The van der Waals surface area contributed by atoms with Crippen molar-refractivity contribution in [1.82, 2.24) is 9.97 Å². The van der Waals surface area contributed by atoms with Crippen LogP contribution in [0.1, 0.15) is 5.69 Å². The number of halogens is 3. The van der Waals surface area contributed by atoms with E-state index >= 15 is 0 Å². The van der Waals surface area contributed by atoms with Gasteiger partial charge in [-0.1, -0.05) is 11.6 Å². The van der Waals surface area contributed by atoms with Crippen LogP contribution < -0.4 is 0 Å². The largest absolute Gasteiger partial charge is 0.316 e. The molecule has 0 spiro atoms. The molecule has 8 heteroatoms. The van der Waals surface area contributed by atoms with Gasteiger partial charge in [0.2, 0.25) is 5.28 Å². The summed E-state index contributed by atoms with van der Waals surface area (Å²) in [6.45, 7) is 1.44. The van der Waals surface area contributed by atoms with E-state index in [9.17, 15) is 14.5 Å². The van der Waals surface area contributed by atoms with E-state index in [1.54, 1.807) is 0 Å². The monoisotopic (exact) mass is 301 g/mol. The highest BCUT2D eigenvalue weighted by Crippen LogP contribution is 2.35. The molecule has 0 aliphatic heterocycles. The van der Waals surface area contributed by atoms with Gasteiger partial charge in [0.05, 0.1) is 9.95 Å². The van der Waals surface area contributed by atoms with Crippen LogP contribution in [-0.4, -0.2) is 14.9 Å². The molecule has 2 aromatic rings. The molecule has 2 rings (SSSR count). The zero-order valence-corrected chi connectivity index (χ0v) is 11.0. The average Bonchev–Trinajstić information content (AvgIpc) is 2.26. The quantitative estimate of drug-likeness (QED) is 0.480. The molecule has 98 valence electrons. The minimum absolute atomic E-state index is 0.0114. The highest BCUT2D eigenvalue weighted by molar-refractivity contribution is 6.33. The van der Waals surface area contributed by atoms with Gasteiger partial charge in [-0.05, 0) is 36.7 Å². The molecule has 19 heavy (non-hydrogen) atoms. The van der Waals surface area contributed by atoms with E-state index < -0.39 is 10.7 Å². The van der Waals surface area contributed by atoms with Gasteiger partial charge in [0.15, 0.2) is 5.69 Å². The van der Waals surface area contributed by atoms with Crippen LogP contribution in [0.4, 0.5) is 10.1 Å². The third-order valence-corrected chi connectivity index (χ3v) is 2.88. The number of benzene rings is 1. The first kappa shape index (κ1) is 13.6. The number of aromatic nitrogens is 2. The smallest absolute Gasteiger partial charge is 0.258 e. The van der Waals surface area contributed by atoms with Gasteiger partial charge in [-0.15, -0.1) is 0 Å². The lowest BCUT2D eigenvalue weighted by Gasteiger charge is -2.06. The van der Waals surface area contributed by atoms with Crippen LogP contribution in [0.15, 0.2) is 18.2 Å². The lowest BCUT2D eigenvalue weighted by atomic mass is 10.1. The van der Waals surface area contributed by atoms with Crippen LogP contribution in [0, 0.1) is 22.9 Å². The fraction of sp³-hybridized carbons (Fsp3) is 0.0909. The number of aryl methyl sites for hydroxylation is 1. The van der Waals surface area contributed by atoms with Crippen LogP contribution in [0.3, 0.4) is 0 Å². The molecule has 0 saturated carbocycles. The third-order valence-electron chi connectivity index (χ3n) is 2.40. The first-order valence-corrected chi connectivity index (χ1v) is 5.79. The van der Waals surface area contributed by atoms with Crippen molar-refractivity contribution < 1.29 is 9.31 Å². The number of hydrogen-bond acceptors (Lipinski definition) is 4. The van der Waals surface area contributed by atoms with E-state index in [0.717, 1.165) is 12.1 Å². The first-order chi connectivity index (χ1) is 8.90. The van der Waals surface area contributed by atoms with E-state index in [4.69, 9.17) is 23.2 Å². The molecule has 1 heterocycles. The second-order valence-corrected chi connectivity index (χ2v) is 4.40.